The van der Waals surface area contributed by atoms with Crippen LogP contribution in [0.25, 0.3) is 0 Å². The van der Waals surface area contributed by atoms with E-state index in [0.29, 0.717) is 6.54 Å². The van der Waals surface area contributed by atoms with Gasteiger partial charge in [0.05, 0.1) is 18.1 Å². The smallest absolute Gasteiger partial charge is 0.143 e. The molecule has 1 aromatic heterocycles. The maximum absolute atomic E-state index is 13.4. The maximum atomic E-state index is 13.4. The average molecular weight is 345 g/mol. The van der Waals surface area contributed by atoms with Crippen LogP contribution in [0.4, 0.5) is 10.1 Å². The standard InChI is InChI=1S/C19H24FN3O2/c20-16-11-17(13-21-12-16)23-8-4-7-22(9-10-23)14-18(24)15-25-19-5-2-1-3-6-19/h1-3,5-6,11-13,18,24H,4,7-10,14-15H2/t18-/m0/s1. The van der Waals surface area contributed by atoms with E-state index in [1.165, 1.54) is 12.3 Å². The molecule has 1 N–H and O–H groups in total. The highest BCUT2D eigenvalue weighted by Gasteiger charge is 2.18. The van der Waals surface area contributed by atoms with Gasteiger partial charge in [-0.05, 0) is 25.1 Å². The molecular formula is C19H24FN3O2. The van der Waals surface area contributed by atoms with Crippen molar-refractivity contribution < 1.29 is 14.2 Å². The monoisotopic (exact) mass is 345 g/mol. The number of pyridine rings is 1. The van der Waals surface area contributed by atoms with Crippen LogP contribution in [0.15, 0.2) is 48.8 Å². The number of ether oxygens (including phenoxy) is 1. The van der Waals surface area contributed by atoms with Crippen molar-refractivity contribution in [3.63, 3.8) is 0 Å². The molecule has 1 fully saturated rings. The van der Waals surface area contributed by atoms with Gasteiger partial charge in [0.25, 0.3) is 0 Å². The minimum Gasteiger partial charge on any atom is -0.491 e. The number of rotatable bonds is 6. The molecule has 6 heteroatoms. The summed E-state index contributed by atoms with van der Waals surface area (Å²) in [6.07, 6.45) is 3.34. The van der Waals surface area contributed by atoms with Crippen LogP contribution in [-0.2, 0) is 0 Å². The molecule has 1 saturated heterocycles. The topological polar surface area (TPSA) is 48.8 Å². The molecule has 134 valence electrons. The zero-order chi connectivity index (χ0) is 17.5. The predicted molar refractivity (Wildman–Crippen MR) is 95.4 cm³/mol. The Kier molecular flexibility index (Phi) is 6.19. The van der Waals surface area contributed by atoms with Crippen LogP contribution in [0, 0.1) is 5.82 Å². The number of aliphatic hydroxyl groups excluding tert-OH is 1. The molecule has 0 radical (unpaired) electrons. The molecule has 2 aromatic rings. The fraction of sp³-hybridized carbons (Fsp3) is 0.421. The van der Waals surface area contributed by atoms with Gasteiger partial charge in [0.2, 0.25) is 0 Å². The molecule has 0 bridgehead atoms. The van der Waals surface area contributed by atoms with E-state index in [9.17, 15) is 9.50 Å². The highest BCUT2D eigenvalue weighted by molar-refractivity contribution is 5.44. The third-order valence-electron chi connectivity index (χ3n) is 4.30. The van der Waals surface area contributed by atoms with E-state index in [4.69, 9.17) is 4.74 Å². The highest BCUT2D eigenvalue weighted by atomic mass is 19.1. The molecular weight excluding hydrogens is 321 g/mol. The lowest BCUT2D eigenvalue weighted by atomic mass is 10.3. The largest absolute Gasteiger partial charge is 0.491 e. The summed E-state index contributed by atoms with van der Waals surface area (Å²) in [7, 11) is 0. The van der Waals surface area contributed by atoms with Gasteiger partial charge in [-0.1, -0.05) is 18.2 Å². The zero-order valence-corrected chi connectivity index (χ0v) is 14.2. The first-order valence-corrected chi connectivity index (χ1v) is 8.64. The summed E-state index contributed by atoms with van der Waals surface area (Å²) < 4.78 is 19.0. The lowest BCUT2D eigenvalue weighted by Gasteiger charge is -2.24. The number of hydrogen-bond acceptors (Lipinski definition) is 5. The van der Waals surface area contributed by atoms with Gasteiger partial charge >= 0.3 is 0 Å². The lowest BCUT2D eigenvalue weighted by molar-refractivity contribution is 0.0705. The van der Waals surface area contributed by atoms with Crippen molar-refractivity contribution in [3.8, 4) is 5.75 Å². The van der Waals surface area contributed by atoms with Crippen LogP contribution >= 0.6 is 0 Å². The van der Waals surface area contributed by atoms with Crippen LogP contribution in [0.1, 0.15) is 6.42 Å². The van der Waals surface area contributed by atoms with Crippen molar-refractivity contribution in [1.82, 2.24) is 9.88 Å². The van der Waals surface area contributed by atoms with Crippen LogP contribution in [0.3, 0.4) is 0 Å². The Hall–Kier alpha value is -2.18. The van der Waals surface area contributed by atoms with E-state index >= 15 is 0 Å². The molecule has 5 nitrogen and oxygen atoms in total. The fourth-order valence-corrected chi connectivity index (χ4v) is 3.05. The Morgan fingerprint density at radius 2 is 1.96 bits per heavy atom. The maximum Gasteiger partial charge on any atom is 0.143 e. The number of anilines is 1. The molecule has 0 aliphatic carbocycles. The van der Waals surface area contributed by atoms with E-state index < -0.39 is 6.10 Å². The fourth-order valence-electron chi connectivity index (χ4n) is 3.05. The zero-order valence-electron chi connectivity index (χ0n) is 14.2. The summed E-state index contributed by atoms with van der Waals surface area (Å²) in [5, 5.41) is 10.2. The first-order chi connectivity index (χ1) is 12.2. The summed E-state index contributed by atoms with van der Waals surface area (Å²) in [6.45, 7) is 4.22. The van der Waals surface area contributed by atoms with Crippen molar-refractivity contribution in [2.75, 3.05) is 44.2 Å². The van der Waals surface area contributed by atoms with Crippen LogP contribution in [0.2, 0.25) is 0 Å². The van der Waals surface area contributed by atoms with E-state index in [0.717, 1.165) is 44.0 Å². The molecule has 2 heterocycles. The van der Waals surface area contributed by atoms with E-state index in [2.05, 4.69) is 14.8 Å². The summed E-state index contributed by atoms with van der Waals surface area (Å²) >= 11 is 0. The summed E-state index contributed by atoms with van der Waals surface area (Å²) in [5.41, 5.74) is 0.815. The molecule has 25 heavy (non-hydrogen) atoms. The summed E-state index contributed by atoms with van der Waals surface area (Å²) in [4.78, 5) is 8.29. The first-order valence-electron chi connectivity index (χ1n) is 8.64. The SMILES string of the molecule is O[C@H](COc1ccccc1)CN1CCCN(c2cncc(F)c2)CC1. The minimum absolute atomic E-state index is 0.276. The van der Waals surface area contributed by atoms with Gasteiger partial charge in [-0.15, -0.1) is 0 Å². The number of nitrogens with zero attached hydrogens (tertiary/aromatic N) is 3. The Morgan fingerprint density at radius 3 is 2.76 bits per heavy atom. The van der Waals surface area contributed by atoms with Gasteiger partial charge in [0.1, 0.15) is 24.3 Å². The van der Waals surface area contributed by atoms with Gasteiger partial charge in [0, 0.05) is 32.2 Å². The van der Waals surface area contributed by atoms with Crippen molar-refractivity contribution >= 4 is 5.69 Å². The molecule has 1 aromatic carbocycles. The number of benzene rings is 1. The van der Waals surface area contributed by atoms with Crippen molar-refractivity contribution in [1.29, 1.82) is 0 Å². The number of hydrogen-bond donors (Lipinski definition) is 1. The average Bonchev–Trinajstić information content (AvgIpc) is 2.86. The highest BCUT2D eigenvalue weighted by Crippen LogP contribution is 2.16. The van der Waals surface area contributed by atoms with Gasteiger partial charge in [-0.3, -0.25) is 9.88 Å². The molecule has 0 unspecified atom stereocenters. The quantitative estimate of drug-likeness (QED) is 0.870. The molecule has 0 amide bonds. The van der Waals surface area contributed by atoms with E-state index in [1.807, 2.05) is 30.3 Å². The van der Waals surface area contributed by atoms with Crippen molar-refractivity contribution in [2.45, 2.75) is 12.5 Å². The molecule has 1 aliphatic heterocycles. The third kappa shape index (κ3) is 5.41. The van der Waals surface area contributed by atoms with Gasteiger partial charge in [-0.2, -0.15) is 0 Å². The Morgan fingerprint density at radius 1 is 1.12 bits per heavy atom. The van der Waals surface area contributed by atoms with Gasteiger partial charge < -0.3 is 14.7 Å². The Bertz CT molecular complexity index is 656. The van der Waals surface area contributed by atoms with Crippen molar-refractivity contribution in [3.05, 3.63) is 54.6 Å². The molecule has 1 atom stereocenters. The first kappa shape index (κ1) is 17.6. The van der Waals surface area contributed by atoms with E-state index in [-0.39, 0.29) is 12.4 Å². The Labute approximate surface area is 147 Å². The summed E-state index contributed by atoms with van der Waals surface area (Å²) in [5.74, 6) is 0.453. The van der Waals surface area contributed by atoms with Crippen LogP contribution in [-0.4, -0.2) is 60.4 Å². The second-order valence-electron chi connectivity index (χ2n) is 6.28. The van der Waals surface area contributed by atoms with Crippen molar-refractivity contribution in [2.24, 2.45) is 0 Å². The number of aliphatic hydroxyl groups is 1. The summed E-state index contributed by atoms with van der Waals surface area (Å²) in [6, 6.07) is 11.0. The third-order valence-corrected chi connectivity index (χ3v) is 4.30. The van der Waals surface area contributed by atoms with Gasteiger partial charge in [0.15, 0.2) is 0 Å². The number of β-amino-alcohol motifs (C(OH)–C–C–N with tert-alkyl or cyclic N) is 1. The van der Waals surface area contributed by atoms with Crippen LogP contribution in [0.5, 0.6) is 5.75 Å². The lowest BCUT2D eigenvalue weighted by Crippen LogP contribution is -2.38. The number of aromatic nitrogens is 1. The molecule has 0 spiro atoms. The van der Waals surface area contributed by atoms with E-state index in [1.54, 1.807) is 6.20 Å². The molecule has 0 saturated carbocycles. The van der Waals surface area contributed by atoms with Crippen LogP contribution < -0.4 is 9.64 Å². The molecule has 3 rings (SSSR count). The van der Waals surface area contributed by atoms with Gasteiger partial charge in [-0.25, -0.2) is 4.39 Å². The minimum atomic E-state index is -0.539. The Balaban J connectivity index is 1.46. The number of para-hydroxylation sites is 1. The number of halogens is 1. The second kappa shape index (κ2) is 8.78. The second-order valence-corrected chi connectivity index (χ2v) is 6.28. The molecule has 1 aliphatic rings. The normalized spacial score (nSPS) is 17.1. The predicted octanol–water partition coefficient (Wildman–Crippen LogP) is 2.17.